The van der Waals surface area contributed by atoms with Crippen LogP contribution in [0.3, 0.4) is 0 Å². The van der Waals surface area contributed by atoms with Crippen molar-refractivity contribution in [2.45, 2.75) is 63.7 Å². The van der Waals surface area contributed by atoms with Gasteiger partial charge in [-0.15, -0.1) is 0 Å². The lowest BCUT2D eigenvalue weighted by atomic mass is 9.89. The minimum Gasteiger partial charge on any atom is -0.293 e. The molecule has 3 heterocycles. The van der Waals surface area contributed by atoms with Gasteiger partial charge >= 0.3 is 0 Å². The summed E-state index contributed by atoms with van der Waals surface area (Å²) in [5, 5.41) is 0. The van der Waals surface area contributed by atoms with Gasteiger partial charge in [-0.3, -0.25) is 24.2 Å². The molecule has 4 aliphatic rings. The number of fused-ring (bicyclic) bond motifs is 5. The van der Waals surface area contributed by atoms with E-state index in [1.165, 1.54) is 6.42 Å². The largest absolute Gasteiger partial charge is 0.293 e. The van der Waals surface area contributed by atoms with Crippen LogP contribution in [-0.2, 0) is 20.9 Å². The molecule has 0 spiro atoms. The zero-order chi connectivity index (χ0) is 19.4. The Labute approximate surface area is 165 Å². The molecule has 1 aromatic rings. The number of benzene rings is 1. The zero-order valence-corrected chi connectivity index (χ0v) is 16.2. The molecule has 5 nitrogen and oxygen atoms in total. The number of rotatable bonds is 3. The van der Waals surface area contributed by atoms with Crippen LogP contribution >= 0.6 is 0 Å². The highest BCUT2D eigenvalue weighted by Crippen LogP contribution is 2.49. The molecule has 5 rings (SSSR count). The fraction of sp³-hybridized carbons (Fsp3) is 0.522. The van der Waals surface area contributed by atoms with Gasteiger partial charge in [0, 0.05) is 18.6 Å². The maximum absolute atomic E-state index is 13.4. The average molecular weight is 378 g/mol. The van der Waals surface area contributed by atoms with E-state index in [2.05, 4.69) is 4.90 Å². The summed E-state index contributed by atoms with van der Waals surface area (Å²) in [4.78, 5) is 43.4. The maximum atomic E-state index is 13.4. The molecular weight excluding hydrogens is 352 g/mol. The van der Waals surface area contributed by atoms with Crippen LogP contribution in [0.1, 0.15) is 44.6 Å². The third kappa shape index (κ3) is 2.52. The molecule has 0 N–H and O–H groups in total. The number of likely N-dealkylation sites (tertiary alicyclic amines) is 1. The molecule has 3 aliphatic heterocycles. The van der Waals surface area contributed by atoms with E-state index in [1.54, 1.807) is 11.0 Å². The molecule has 5 heteroatoms. The standard InChI is InChI=1S/C23H26N2O3/c1-14-12-17(26)21-19-18(20(14)24(21)13-15-8-4-2-5-9-15)22(27)25(23(19)28)16-10-6-3-7-11-16/h2,4-5,8-9,12,16,18-21H,3,6-7,10-11,13H2,1H3/t18-,19+,20+,21-/m1/s1. The Morgan fingerprint density at radius 2 is 1.54 bits per heavy atom. The van der Waals surface area contributed by atoms with Gasteiger partial charge in [0.15, 0.2) is 5.78 Å². The first-order chi connectivity index (χ1) is 13.6. The smallest absolute Gasteiger partial charge is 0.235 e. The van der Waals surface area contributed by atoms with Crippen molar-refractivity contribution in [3.8, 4) is 0 Å². The summed E-state index contributed by atoms with van der Waals surface area (Å²) in [7, 11) is 0. The summed E-state index contributed by atoms with van der Waals surface area (Å²) < 4.78 is 0. The summed E-state index contributed by atoms with van der Waals surface area (Å²) in [5.74, 6) is -1.11. The average Bonchev–Trinajstić information content (AvgIpc) is 3.11. The number of carbonyl (C=O) groups excluding carboxylic acids is 3. The van der Waals surface area contributed by atoms with Crippen molar-refractivity contribution >= 4 is 17.6 Å². The Morgan fingerprint density at radius 3 is 2.21 bits per heavy atom. The Kier molecular flexibility index (Phi) is 4.23. The maximum Gasteiger partial charge on any atom is 0.235 e. The van der Waals surface area contributed by atoms with Crippen LogP contribution < -0.4 is 0 Å². The predicted molar refractivity (Wildman–Crippen MR) is 104 cm³/mol. The van der Waals surface area contributed by atoms with Gasteiger partial charge in [0.2, 0.25) is 11.8 Å². The van der Waals surface area contributed by atoms with E-state index in [4.69, 9.17) is 0 Å². The van der Waals surface area contributed by atoms with E-state index in [-0.39, 0.29) is 29.7 Å². The van der Waals surface area contributed by atoms with Crippen molar-refractivity contribution < 1.29 is 14.4 Å². The minimum atomic E-state index is -0.524. The molecule has 146 valence electrons. The second kappa shape index (κ2) is 6.66. The van der Waals surface area contributed by atoms with Crippen LogP contribution in [0, 0.1) is 11.8 Å². The highest BCUT2D eigenvalue weighted by Gasteiger charge is 2.65. The summed E-state index contributed by atoms with van der Waals surface area (Å²) in [5.41, 5.74) is 2.01. The van der Waals surface area contributed by atoms with Crippen molar-refractivity contribution in [1.82, 2.24) is 9.80 Å². The van der Waals surface area contributed by atoms with E-state index in [0.717, 1.165) is 36.8 Å². The number of hydrogen-bond acceptors (Lipinski definition) is 4. The van der Waals surface area contributed by atoms with Gasteiger partial charge in [0.05, 0.1) is 17.9 Å². The van der Waals surface area contributed by atoms with Crippen molar-refractivity contribution in [1.29, 1.82) is 0 Å². The van der Waals surface area contributed by atoms with Crippen molar-refractivity contribution in [2.24, 2.45) is 11.8 Å². The second-order valence-corrected chi connectivity index (χ2v) is 8.73. The van der Waals surface area contributed by atoms with E-state index in [1.807, 2.05) is 37.3 Å². The number of amides is 2. The van der Waals surface area contributed by atoms with Crippen molar-refractivity contribution in [3.63, 3.8) is 0 Å². The van der Waals surface area contributed by atoms with Gasteiger partial charge in [-0.1, -0.05) is 55.2 Å². The predicted octanol–water partition coefficient (Wildman–Crippen LogP) is 2.70. The monoisotopic (exact) mass is 378 g/mol. The molecule has 4 atom stereocenters. The van der Waals surface area contributed by atoms with E-state index >= 15 is 0 Å². The quantitative estimate of drug-likeness (QED) is 0.759. The second-order valence-electron chi connectivity index (χ2n) is 8.73. The Morgan fingerprint density at radius 1 is 0.893 bits per heavy atom. The summed E-state index contributed by atoms with van der Waals surface area (Å²) in [6.07, 6.45) is 6.80. The first-order valence-corrected chi connectivity index (χ1v) is 10.5. The molecule has 3 fully saturated rings. The normalized spacial score (nSPS) is 33.4. The first kappa shape index (κ1) is 17.8. The lowest BCUT2D eigenvalue weighted by Crippen LogP contribution is -2.51. The van der Waals surface area contributed by atoms with Gasteiger partial charge in [-0.05, 0) is 31.4 Å². The molecule has 2 saturated heterocycles. The summed E-state index contributed by atoms with van der Waals surface area (Å²) in [6, 6.07) is 9.36. The topological polar surface area (TPSA) is 57.7 Å². The van der Waals surface area contributed by atoms with Crippen LogP contribution in [0.2, 0.25) is 0 Å². The fourth-order valence-corrected chi connectivity index (χ4v) is 5.96. The molecular formula is C23H26N2O3. The third-order valence-corrected chi connectivity index (χ3v) is 7.10. The molecule has 0 aromatic heterocycles. The lowest BCUT2D eigenvalue weighted by molar-refractivity contribution is -0.146. The Bertz CT molecular complexity index is 856. The molecule has 0 unspecified atom stereocenters. The van der Waals surface area contributed by atoms with Crippen molar-refractivity contribution in [3.05, 3.63) is 47.5 Å². The number of nitrogens with zero attached hydrogens (tertiary/aromatic N) is 2. The van der Waals surface area contributed by atoms with Crippen LogP contribution in [0.25, 0.3) is 0 Å². The molecule has 28 heavy (non-hydrogen) atoms. The van der Waals surface area contributed by atoms with Crippen LogP contribution in [0.5, 0.6) is 0 Å². The van der Waals surface area contributed by atoms with E-state index in [0.29, 0.717) is 6.54 Å². The minimum absolute atomic E-state index is 0.0242. The summed E-state index contributed by atoms with van der Waals surface area (Å²) >= 11 is 0. The van der Waals surface area contributed by atoms with Crippen LogP contribution in [0.15, 0.2) is 42.0 Å². The lowest BCUT2D eigenvalue weighted by Gasteiger charge is -2.37. The van der Waals surface area contributed by atoms with Gasteiger partial charge in [0.1, 0.15) is 0 Å². The summed E-state index contributed by atoms with van der Waals surface area (Å²) in [6.45, 7) is 2.52. The fourth-order valence-electron chi connectivity index (χ4n) is 5.96. The van der Waals surface area contributed by atoms with Crippen LogP contribution in [0.4, 0.5) is 0 Å². The number of ketones is 1. The Hall–Kier alpha value is -2.27. The van der Waals surface area contributed by atoms with Gasteiger partial charge in [-0.25, -0.2) is 0 Å². The molecule has 2 bridgehead atoms. The van der Waals surface area contributed by atoms with E-state index in [9.17, 15) is 14.4 Å². The number of hydrogen-bond donors (Lipinski definition) is 0. The van der Waals surface area contributed by atoms with Crippen LogP contribution in [-0.4, -0.2) is 45.5 Å². The molecule has 0 radical (unpaired) electrons. The highest BCUT2D eigenvalue weighted by atomic mass is 16.2. The molecule has 1 saturated carbocycles. The Balaban J connectivity index is 1.50. The SMILES string of the molecule is CC1=CC(=O)[C@@H]2[C@H]3C(=O)N(C4CCCCC4)C(=O)[C@H]3[C@H]1N2Cc1ccccc1. The van der Waals surface area contributed by atoms with Gasteiger partial charge in [0.25, 0.3) is 0 Å². The highest BCUT2D eigenvalue weighted by molar-refractivity contribution is 6.12. The molecule has 1 aliphatic carbocycles. The molecule has 1 aromatic carbocycles. The van der Waals surface area contributed by atoms with Gasteiger partial charge in [-0.2, -0.15) is 0 Å². The van der Waals surface area contributed by atoms with Crippen molar-refractivity contribution in [2.75, 3.05) is 0 Å². The third-order valence-electron chi connectivity index (χ3n) is 7.10. The zero-order valence-electron chi connectivity index (χ0n) is 16.2. The number of imide groups is 1. The number of carbonyl (C=O) groups is 3. The first-order valence-electron chi connectivity index (χ1n) is 10.5. The van der Waals surface area contributed by atoms with E-state index < -0.39 is 17.9 Å². The van der Waals surface area contributed by atoms with Gasteiger partial charge < -0.3 is 0 Å². The molecule has 2 amide bonds.